The highest BCUT2D eigenvalue weighted by Gasteiger charge is 2.25. The molecule has 0 fully saturated rings. The largest absolute Gasteiger partial charge is 0.481 e. The predicted molar refractivity (Wildman–Crippen MR) is 65.9 cm³/mol. The summed E-state index contributed by atoms with van der Waals surface area (Å²) in [5.41, 5.74) is 0. The van der Waals surface area contributed by atoms with Crippen LogP contribution in [0.25, 0.3) is 0 Å². The molecule has 6 heteroatoms. The summed E-state index contributed by atoms with van der Waals surface area (Å²) in [6, 6.07) is 0. The normalized spacial score (nSPS) is 14.9. The Kier molecular flexibility index (Phi) is 6.86. The molecule has 0 saturated heterocycles. The highest BCUT2D eigenvalue weighted by Crippen LogP contribution is 2.09. The van der Waals surface area contributed by atoms with E-state index in [1.165, 1.54) is 0 Å². The van der Waals surface area contributed by atoms with Crippen LogP contribution in [0.15, 0.2) is 0 Å². The maximum absolute atomic E-state index is 11.6. The average Bonchev–Trinajstić information content (AvgIpc) is 2.12. The molecule has 0 saturated carbocycles. The number of esters is 1. The number of quaternary nitrogens is 1. The number of nitrogens with zero attached hydrogens (tertiary/aromatic N) is 1. The van der Waals surface area contributed by atoms with Gasteiger partial charge in [-0.05, 0) is 5.92 Å². The van der Waals surface area contributed by atoms with Crippen LogP contribution in [0.4, 0.5) is 0 Å². The third-order valence-electron chi connectivity index (χ3n) is 2.28. The standard InChI is InChI=1S/C12H23NO5/c1-9(8-14)5-12(17)18-10(6-11(15)16)7-13(2,3)4/h9-10,14H,5-8H2,1-4H3/p+1/t9-,10+/m0/s1. The lowest BCUT2D eigenvalue weighted by atomic mass is 10.1. The van der Waals surface area contributed by atoms with Crippen LogP contribution in [0.5, 0.6) is 0 Å². The zero-order valence-corrected chi connectivity index (χ0v) is 11.5. The summed E-state index contributed by atoms with van der Waals surface area (Å²) in [6.07, 6.45) is -0.737. The molecule has 0 heterocycles. The first-order chi connectivity index (χ1) is 8.14. The Labute approximate surface area is 108 Å². The lowest BCUT2D eigenvalue weighted by molar-refractivity contribution is -0.873. The number of aliphatic hydroxyl groups is 1. The van der Waals surface area contributed by atoms with Gasteiger partial charge < -0.3 is 19.4 Å². The van der Waals surface area contributed by atoms with Gasteiger partial charge >= 0.3 is 11.9 Å². The molecule has 0 aromatic carbocycles. The van der Waals surface area contributed by atoms with E-state index in [9.17, 15) is 9.59 Å². The van der Waals surface area contributed by atoms with E-state index in [-0.39, 0.29) is 25.4 Å². The minimum absolute atomic E-state index is 0.0893. The van der Waals surface area contributed by atoms with Gasteiger partial charge in [-0.15, -0.1) is 0 Å². The monoisotopic (exact) mass is 262 g/mol. The molecule has 2 atom stereocenters. The summed E-state index contributed by atoms with van der Waals surface area (Å²) in [5, 5.41) is 17.6. The maximum Gasteiger partial charge on any atom is 0.307 e. The van der Waals surface area contributed by atoms with Gasteiger partial charge in [0.2, 0.25) is 0 Å². The fraction of sp³-hybridized carbons (Fsp3) is 0.833. The molecule has 0 rings (SSSR count). The van der Waals surface area contributed by atoms with Crippen LogP contribution in [-0.4, -0.2) is 67.0 Å². The van der Waals surface area contributed by atoms with E-state index in [2.05, 4.69) is 0 Å². The first kappa shape index (κ1) is 16.9. The van der Waals surface area contributed by atoms with Gasteiger partial charge in [0.15, 0.2) is 6.10 Å². The summed E-state index contributed by atoms with van der Waals surface area (Å²) in [7, 11) is 5.71. The zero-order valence-electron chi connectivity index (χ0n) is 11.5. The first-order valence-electron chi connectivity index (χ1n) is 5.96. The smallest absolute Gasteiger partial charge is 0.307 e. The average molecular weight is 262 g/mol. The number of aliphatic carboxylic acids is 1. The van der Waals surface area contributed by atoms with Gasteiger partial charge in [-0.25, -0.2) is 0 Å². The van der Waals surface area contributed by atoms with E-state index in [0.29, 0.717) is 11.0 Å². The van der Waals surface area contributed by atoms with Crippen molar-refractivity contribution < 1.29 is 29.0 Å². The van der Waals surface area contributed by atoms with Crippen LogP contribution in [0.2, 0.25) is 0 Å². The van der Waals surface area contributed by atoms with Crippen LogP contribution in [0.3, 0.4) is 0 Å². The van der Waals surface area contributed by atoms with Crippen molar-refractivity contribution in [2.75, 3.05) is 34.3 Å². The van der Waals surface area contributed by atoms with Crippen LogP contribution in [0.1, 0.15) is 19.8 Å². The van der Waals surface area contributed by atoms with Crippen molar-refractivity contribution in [3.8, 4) is 0 Å². The fourth-order valence-corrected chi connectivity index (χ4v) is 1.53. The number of carboxylic acids is 1. The van der Waals surface area contributed by atoms with Crippen molar-refractivity contribution in [2.45, 2.75) is 25.9 Å². The Morgan fingerprint density at radius 3 is 2.17 bits per heavy atom. The minimum atomic E-state index is -0.989. The molecule has 0 unspecified atom stereocenters. The number of carbonyl (C=O) groups excluding carboxylic acids is 1. The molecule has 0 bridgehead atoms. The second kappa shape index (κ2) is 7.33. The third-order valence-corrected chi connectivity index (χ3v) is 2.28. The molecule has 106 valence electrons. The summed E-state index contributed by atoms with van der Waals surface area (Å²) in [5.74, 6) is -1.63. The Bertz CT molecular complexity index is 285. The second-order valence-corrected chi connectivity index (χ2v) is 5.67. The van der Waals surface area contributed by atoms with Gasteiger partial charge in [0.25, 0.3) is 0 Å². The molecule has 0 radical (unpaired) electrons. The number of hydrogen-bond donors (Lipinski definition) is 2. The second-order valence-electron chi connectivity index (χ2n) is 5.67. The summed E-state index contributed by atoms with van der Waals surface area (Å²) in [6.45, 7) is 2.08. The molecule has 2 N–H and O–H groups in total. The molecule has 0 aliphatic heterocycles. The van der Waals surface area contributed by atoms with E-state index < -0.39 is 18.0 Å². The Morgan fingerprint density at radius 1 is 1.22 bits per heavy atom. The van der Waals surface area contributed by atoms with Gasteiger partial charge in [-0.1, -0.05) is 6.92 Å². The SMILES string of the molecule is C[C@H](CO)CC(=O)O[C@H](CC(=O)O)C[N+](C)(C)C. The van der Waals surface area contributed by atoms with E-state index in [1.54, 1.807) is 6.92 Å². The lowest BCUT2D eigenvalue weighted by Gasteiger charge is -2.28. The fourth-order valence-electron chi connectivity index (χ4n) is 1.53. The number of rotatable bonds is 8. The lowest BCUT2D eigenvalue weighted by Crippen LogP contribution is -2.43. The van der Waals surface area contributed by atoms with E-state index in [0.717, 1.165) is 0 Å². The summed E-state index contributed by atoms with van der Waals surface area (Å²) < 4.78 is 5.68. The van der Waals surface area contributed by atoms with Crippen molar-refractivity contribution in [3.63, 3.8) is 0 Å². The van der Waals surface area contributed by atoms with Crippen LogP contribution < -0.4 is 0 Å². The van der Waals surface area contributed by atoms with Crippen molar-refractivity contribution in [2.24, 2.45) is 5.92 Å². The highest BCUT2D eigenvalue weighted by atomic mass is 16.5. The number of likely N-dealkylation sites (N-methyl/N-ethyl adjacent to an activating group) is 1. The van der Waals surface area contributed by atoms with Gasteiger partial charge in [0.05, 0.1) is 34.0 Å². The van der Waals surface area contributed by atoms with Crippen LogP contribution >= 0.6 is 0 Å². The molecule has 0 aliphatic carbocycles. The molecule has 6 nitrogen and oxygen atoms in total. The van der Waals surface area contributed by atoms with Crippen molar-refractivity contribution in [1.29, 1.82) is 0 Å². The van der Waals surface area contributed by atoms with Crippen molar-refractivity contribution >= 4 is 11.9 Å². The zero-order chi connectivity index (χ0) is 14.3. The molecule has 0 amide bonds. The molecule has 0 aromatic heterocycles. The first-order valence-corrected chi connectivity index (χ1v) is 5.96. The van der Waals surface area contributed by atoms with E-state index in [4.69, 9.17) is 14.9 Å². The Balaban J connectivity index is 4.40. The Hall–Kier alpha value is -1.14. The number of hydrogen-bond acceptors (Lipinski definition) is 4. The maximum atomic E-state index is 11.6. The van der Waals surface area contributed by atoms with Crippen LogP contribution in [0, 0.1) is 5.92 Å². The third kappa shape index (κ3) is 8.95. The minimum Gasteiger partial charge on any atom is -0.481 e. The van der Waals surface area contributed by atoms with Crippen molar-refractivity contribution in [3.05, 3.63) is 0 Å². The number of carboxylic acid groups (broad SMARTS) is 1. The summed E-state index contributed by atoms with van der Waals surface area (Å²) in [4.78, 5) is 22.3. The van der Waals surface area contributed by atoms with E-state index in [1.807, 2.05) is 21.1 Å². The van der Waals surface area contributed by atoms with Gasteiger partial charge in [0, 0.05) is 6.61 Å². The molecule has 0 aliphatic rings. The van der Waals surface area contributed by atoms with Crippen molar-refractivity contribution in [1.82, 2.24) is 0 Å². The molecule has 0 spiro atoms. The Morgan fingerprint density at radius 2 is 1.78 bits per heavy atom. The molecular formula is C12H24NO5+. The highest BCUT2D eigenvalue weighted by molar-refractivity contribution is 5.71. The van der Waals surface area contributed by atoms with Crippen LogP contribution in [-0.2, 0) is 14.3 Å². The van der Waals surface area contributed by atoms with Gasteiger partial charge in [-0.2, -0.15) is 0 Å². The molecular weight excluding hydrogens is 238 g/mol. The molecule has 18 heavy (non-hydrogen) atoms. The number of aliphatic hydroxyl groups excluding tert-OH is 1. The van der Waals surface area contributed by atoms with Gasteiger partial charge in [-0.3, -0.25) is 9.59 Å². The number of carbonyl (C=O) groups is 2. The number of ether oxygens (including phenoxy) is 1. The molecule has 0 aromatic rings. The quantitative estimate of drug-likeness (QED) is 0.479. The summed E-state index contributed by atoms with van der Waals surface area (Å²) >= 11 is 0. The van der Waals surface area contributed by atoms with Gasteiger partial charge in [0.1, 0.15) is 6.54 Å². The topological polar surface area (TPSA) is 83.8 Å². The predicted octanol–water partition coefficient (Wildman–Crippen LogP) is 0.0976. The van der Waals surface area contributed by atoms with E-state index >= 15 is 0 Å².